The van der Waals surface area contributed by atoms with Crippen molar-refractivity contribution in [3.05, 3.63) is 48.2 Å². The Morgan fingerprint density at radius 1 is 1.35 bits per heavy atom. The van der Waals surface area contributed by atoms with Crippen LogP contribution in [0.4, 0.5) is 10.8 Å². The number of anilines is 2. The van der Waals surface area contributed by atoms with Crippen molar-refractivity contribution in [3.8, 4) is 0 Å². The van der Waals surface area contributed by atoms with Gasteiger partial charge in [-0.25, -0.2) is 9.97 Å². The number of hydrogen-bond donors (Lipinski definition) is 1. The summed E-state index contributed by atoms with van der Waals surface area (Å²) in [4.78, 5) is 25.0. The maximum absolute atomic E-state index is 12.7. The van der Waals surface area contributed by atoms with Crippen LogP contribution in [0.5, 0.6) is 0 Å². The summed E-state index contributed by atoms with van der Waals surface area (Å²) in [6.45, 7) is 3.76. The third-order valence-electron chi connectivity index (χ3n) is 4.82. The number of carbonyl (C=O) groups is 1. The lowest BCUT2D eigenvalue weighted by atomic mass is 9.97. The second kappa shape index (κ2) is 7.41. The predicted octanol–water partition coefficient (Wildman–Crippen LogP) is 4.11. The molecule has 1 aliphatic heterocycles. The molecule has 26 heavy (non-hydrogen) atoms. The largest absolute Gasteiger partial charge is 0.347 e. The molecule has 0 aliphatic carbocycles. The molecule has 0 spiro atoms. The number of benzene rings is 1. The number of hydrogen-bond acceptors (Lipinski definition) is 5. The second-order valence-electron chi connectivity index (χ2n) is 6.65. The van der Waals surface area contributed by atoms with E-state index in [1.165, 1.54) is 5.56 Å². The highest BCUT2D eigenvalue weighted by Gasteiger charge is 2.27. The first-order valence-corrected chi connectivity index (χ1v) is 9.91. The lowest BCUT2D eigenvalue weighted by Gasteiger charge is -2.31. The van der Waals surface area contributed by atoms with E-state index >= 15 is 0 Å². The maximum atomic E-state index is 12.7. The molecule has 1 saturated heterocycles. The van der Waals surface area contributed by atoms with E-state index in [2.05, 4.69) is 39.2 Å². The van der Waals surface area contributed by atoms with Gasteiger partial charge in [-0.15, -0.1) is 0 Å². The summed E-state index contributed by atoms with van der Waals surface area (Å²) in [5, 5.41) is 4.05. The monoisotopic (exact) mass is 366 g/mol. The van der Waals surface area contributed by atoms with Crippen molar-refractivity contribution in [2.45, 2.75) is 26.2 Å². The van der Waals surface area contributed by atoms with E-state index in [1.54, 1.807) is 17.5 Å². The summed E-state index contributed by atoms with van der Waals surface area (Å²) in [7, 11) is 0. The van der Waals surface area contributed by atoms with Crippen LogP contribution >= 0.6 is 11.3 Å². The van der Waals surface area contributed by atoms with Crippen LogP contribution < -0.4 is 10.2 Å². The minimum atomic E-state index is -0.0194. The van der Waals surface area contributed by atoms with Crippen LogP contribution in [-0.4, -0.2) is 29.0 Å². The number of aryl methyl sites for hydroxylation is 1. The fourth-order valence-corrected chi connectivity index (χ4v) is 4.32. The van der Waals surface area contributed by atoms with Gasteiger partial charge in [-0.2, -0.15) is 0 Å². The van der Waals surface area contributed by atoms with E-state index in [4.69, 9.17) is 0 Å². The fourth-order valence-electron chi connectivity index (χ4n) is 3.37. The molecular weight excluding hydrogens is 344 g/mol. The molecule has 134 valence electrons. The summed E-state index contributed by atoms with van der Waals surface area (Å²) < 4.78 is 0. The lowest BCUT2D eigenvalue weighted by molar-refractivity contribution is -0.120. The first-order valence-electron chi connectivity index (χ1n) is 9.09. The van der Waals surface area contributed by atoms with Crippen molar-refractivity contribution in [3.63, 3.8) is 0 Å². The van der Waals surface area contributed by atoms with Crippen molar-refractivity contribution < 1.29 is 4.79 Å². The average molecular weight is 366 g/mol. The molecule has 0 radical (unpaired) electrons. The Morgan fingerprint density at radius 2 is 2.27 bits per heavy atom. The molecule has 1 fully saturated rings. The van der Waals surface area contributed by atoms with E-state index in [-0.39, 0.29) is 11.8 Å². The molecule has 3 heterocycles. The molecule has 0 bridgehead atoms. The number of fused-ring (bicyclic) bond motifs is 1. The highest BCUT2D eigenvalue weighted by Crippen LogP contribution is 2.30. The van der Waals surface area contributed by atoms with Crippen molar-refractivity contribution >= 4 is 38.4 Å². The van der Waals surface area contributed by atoms with Gasteiger partial charge in [0.1, 0.15) is 10.3 Å². The van der Waals surface area contributed by atoms with Crippen LogP contribution in [0.15, 0.2) is 42.6 Å². The van der Waals surface area contributed by atoms with Crippen LogP contribution in [0.2, 0.25) is 0 Å². The molecule has 6 heteroatoms. The zero-order valence-electron chi connectivity index (χ0n) is 14.8. The maximum Gasteiger partial charge on any atom is 0.229 e. The Bertz CT molecular complexity index is 890. The topological polar surface area (TPSA) is 58.1 Å². The van der Waals surface area contributed by atoms with Crippen LogP contribution in [-0.2, 0) is 11.2 Å². The first kappa shape index (κ1) is 17.0. The molecule has 4 rings (SSSR count). The normalized spacial score (nSPS) is 17.4. The highest BCUT2D eigenvalue weighted by molar-refractivity contribution is 7.21. The van der Waals surface area contributed by atoms with Gasteiger partial charge in [0.15, 0.2) is 5.13 Å². The summed E-state index contributed by atoms with van der Waals surface area (Å²) in [5.41, 5.74) is 3.04. The SMILES string of the molecule is CCc1cccc(NC(=O)C2CCCN(c3nc4cccnc4s3)C2)c1. The molecule has 1 aliphatic rings. The van der Waals surface area contributed by atoms with Crippen molar-refractivity contribution in [2.24, 2.45) is 5.92 Å². The fraction of sp³-hybridized carbons (Fsp3) is 0.350. The molecule has 1 atom stereocenters. The Labute approximate surface area is 157 Å². The van der Waals surface area contributed by atoms with E-state index in [9.17, 15) is 4.79 Å². The molecule has 0 saturated carbocycles. The van der Waals surface area contributed by atoms with E-state index in [0.717, 1.165) is 47.0 Å². The number of rotatable bonds is 4. The number of pyridine rings is 1. The number of nitrogens with one attached hydrogen (secondary N) is 1. The molecule has 1 N–H and O–H groups in total. The molecule has 1 aromatic carbocycles. The number of carbonyl (C=O) groups excluding carboxylic acids is 1. The van der Waals surface area contributed by atoms with Gasteiger partial charge in [-0.05, 0) is 49.1 Å². The first-order chi connectivity index (χ1) is 12.7. The van der Waals surface area contributed by atoms with Gasteiger partial charge in [-0.3, -0.25) is 4.79 Å². The summed E-state index contributed by atoms with van der Waals surface area (Å²) in [6, 6.07) is 12.0. The standard InChI is InChI=1S/C20H22N4OS/c1-2-14-6-3-8-16(12-14)22-18(25)15-7-5-11-24(13-15)20-23-17-9-4-10-21-19(17)26-20/h3-4,6,8-10,12,15H,2,5,7,11,13H2,1H3,(H,22,25). The number of nitrogens with zero attached hydrogens (tertiary/aromatic N) is 3. The minimum Gasteiger partial charge on any atom is -0.347 e. The molecular formula is C20H22N4OS. The number of thiazole rings is 1. The van der Waals surface area contributed by atoms with E-state index in [0.29, 0.717) is 6.54 Å². The molecule has 1 unspecified atom stereocenters. The Kier molecular flexibility index (Phi) is 4.84. The molecule has 3 aromatic rings. The number of piperidine rings is 1. The van der Waals surface area contributed by atoms with E-state index in [1.807, 2.05) is 24.3 Å². The van der Waals surface area contributed by atoms with Gasteiger partial charge in [0.05, 0.1) is 5.92 Å². The predicted molar refractivity (Wildman–Crippen MR) is 107 cm³/mol. The minimum absolute atomic E-state index is 0.0194. The summed E-state index contributed by atoms with van der Waals surface area (Å²) in [6.07, 6.45) is 4.67. The van der Waals surface area contributed by atoms with Gasteiger partial charge < -0.3 is 10.2 Å². The molecule has 1 amide bonds. The molecule has 5 nitrogen and oxygen atoms in total. The van der Waals surface area contributed by atoms with E-state index < -0.39 is 0 Å². The smallest absolute Gasteiger partial charge is 0.229 e. The Balaban J connectivity index is 1.46. The summed E-state index contributed by atoms with van der Waals surface area (Å²) in [5.74, 6) is 0.0798. The summed E-state index contributed by atoms with van der Waals surface area (Å²) >= 11 is 1.60. The van der Waals surface area contributed by atoms with Crippen molar-refractivity contribution in [2.75, 3.05) is 23.3 Å². The number of amides is 1. The quantitative estimate of drug-likeness (QED) is 0.755. The lowest BCUT2D eigenvalue weighted by Crippen LogP contribution is -2.40. The number of aromatic nitrogens is 2. The third-order valence-corrected chi connectivity index (χ3v) is 5.86. The second-order valence-corrected chi connectivity index (χ2v) is 7.61. The zero-order chi connectivity index (χ0) is 17.9. The Hall–Kier alpha value is -2.47. The van der Waals surface area contributed by atoms with Crippen molar-refractivity contribution in [1.29, 1.82) is 0 Å². The Morgan fingerprint density at radius 3 is 3.12 bits per heavy atom. The van der Waals surface area contributed by atoms with Gasteiger partial charge >= 0.3 is 0 Å². The van der Waals surface area contributed by atoms with Crippen LogP contribution in [0, 0.1) is 5.92 Å². The van der Waals surface area contributed by atoms with Gasteiger partial charge in [0, 0.05) is 25.0 Å². The average Bonchev–Trinajstić information content (AvgIpc) is 3.12. The third kappa shape index (κ3) is 3.55. The zero-order valence-corrected chi connectivity index (χ0v) is 15.6. The van der Waals surface area contributed by atoms with Crippen molar-refractivity contribution in [1.82, 2.24) is 9.97 Å². The van der Waals surface area contributed by atoms with Gasteiger partial charge in [0.25, 0.3) is 0 Å². The van der Waals surface area contributed by atoms with Gasteiger partial charge in [0.2, 0.25) is 5.91 Å². The van der Waals surface area contributed by atoms with Crippen LogP contribution in [0.3, 0.4) is 0 Å². The highest BCUT2D eigenvalue weighted by atomic mass is 32.1. The van der Waals surface area contributed by atoms with Crippen LogP contribution in [0.25, 0.3) is 10.3 Å². The van der Waals surface area contributed by atoms with Gasteiger partial charge in [-0.1, -0.05) is 30.4 Å². The molecule has 2 aromatic heterocycles. The van der Waals surface area contributed by atoms with Crippen LogP contribution in [0.1, 0.15) is 25.3 Å².